The summed E-state index contributed by atoms with van der Waals surface area (Å²) in [4.78, 5) is 17.5. The molecule has 0 fully saturated rings. The topological polar surface area (TPSA) is 107 Å². The van der Waals surface area contributed by atoms with Crippen LogP contribution in [0.1, 0.15) is 10.4 Å². The number of rotatable bonds is 6. The molecule has 1 amide bonds. The third-order valence-electron chi connectivity index (χ3n) is 2.90. The zero-order valence-electron chi connectivity index (χ0n) is 12.4. The highest BCUT2D eigenvalue weighted by molar-refractivity contribution is 7.89. The van der Waals surface area contributed by atoms with E-state index in [0.29, 0.717) is 5.75 Å². The SMILES string of the molecule is COc1ccc(OC)c(S(=O)(=O)NNC(=O)c2ccncc2)c1. The van der Waals surface area contributed by atoms with Gasteiger partial charge in [0.25, 0.3) is 15.9 Å². The molecule has 0 saturated carbocycles. The fourth-order valence-electron chi connectivity index (χ4n) is 1.74. The van der Waals surface area contributed by atoms with Crippen molar-refractivity contribution in [1.82, 2.24) is 15.2 Å². The van der Waals surface area contributed by atoms with Crippen LogP contribution in [-0.2, 0) is 10.0 Å². The molecule has 2 N–H and O–H groups in total. The molecule has 2 aromatic rings. The number of sulfonamides is 1. The Bertz CT molecular complexity index is 793. The minimum atomic E-state index is -4.04. The van der Waals surface area contributed by atoms with Gasteiger partial charge in [-0.25, -0.2) is 8.42 Å². The van der Waals surface area contributed by atoms with Crippen molar-refractivity contribution in [2.45, 2.75) is 4.90 Å². The predicted molar refractivity (Wildman–Crippen MR) is 81.6 cm³/mol. The minimum absolute atomic E-state index is 0.122. The molecule has 0 saturated heterocycles. The van der Waals surface area contributed by atoms with E-state index in [1.165, 1.54) is 50.9 Å². The highest BCUT2D eigenvalue weighted by atomic mass is 32.2. The van der Waals surface area contributed by atoms with Crippen LogP contribution in [0.2, 0.25) is 0 Å². The van der Waals surface area contributed by atoms with Crippen LogP contribution in [0.25, 0.3) is 0 Å². The van der Waals surface area contributed by atoms with E-state index in [9.17, 15) is 13.2 Å². The summed E-state index contributed by atoms with van der Waals surface area (Å²) in [5.74, 6) is -0.152. The molecule has 23 heavy (non-hydrogen) atoms. The van der Waals surface area contributed by atoms with Gasteiger partial charge in [0.15, 0.2) is 0 Å². The third kappa shape index (κ3) is 3.96. The van der Waals surface area contributed by atoms with Crippen molar-refractivity contribution in [3.63, 3.8) is 0 Å². The van der Waals surface area contributed by atoms with Crippen LogP contribution in [0, 0.1) is 0 Å². The summed E-state index contributed by atoms with van der Waals surface area (Å²) in [6.07, 6.45) is 2.85. The summed E-state index contributed by atoms with van der Waals surface area (Å²) in [6.45, 7) is 0. The van der Waals surface area contributed by atoms with Crippen molar-refractivity contribution < 1.29 is 22.7 Å². The molecule has 0 aliphatic heterocycles. The predicted octanol–water partition coefficient (Wildman–Crippen LogP) is 0.722. The number of nitrogens with one attached hydrogen (secondary N) is 2. The van der Waals surface area contributed by atoms with Gasteiger partial charge < -0.3 is 9.47 Å². The van der Waals surface area contributed by atoms with Gasteiger partial charge in [0, 0.05) is 24.0 Å². The van der Waals surface area contributed by atoms with Gasteiger partial charge >= 0.3 is 0 Å². The van der Waals surface area contributed by atoms with E-state index >= 15 is 0 Å². The molecule has 1 aromatic carbocycles. The van der Waals surface area contributed by atoms with Gasteiger partial charge in [0.05, 0.1) is 14.2 Å². The summed E-state index contributed by atoms with van der Waals surface area (Å²) in [5.41, 5.74) is 2.39. The lowest BCUT2D eigenvalue weighted by Crippen LogP contribution is -2.41. The molecule has 0 radical (unpaired) electrons. The van der Waals surface area contributed by atoms with Crippen molar-refractivity contribution in [2.75, 3.05) is 14.2 Å². The molecule has 1 heterocycles. The van der Waals surface area contributed by atoms with Gasteiger partial charge in [-0.2, -0.15) is 0 Å². The molecule has 8 nitrogen and oxygen atoms in total. The number of pyridine rings is 1. The molecule has 0 atom stereocenters. The Hall–Kier alpha value is -2.65. The normalized spacial score (nSPS) is 10.9. The fourth-order valence-corrected chi connectivity index (χ4v) is 2.76. The monoisotopic (exact) mass is 337 g/mol. The second kappa shape index (κ2) is 7.07. The Labute approximate surface area is 133 Å². The van der Waals surface area contributed by atoms with E-state index < -0.39 is 15.9 Å². The Morgan fingerprint density at radius 3 is 2.39 bits per heavy atom. The maximum atomic E-state index is 12.3. The van der Waals surface area contributed by atoms with Crippen LogP contribution in [0.4, 0.5) is 0 Å². The highest BCUT2D eigenvalue weighted by Gasteiger charge is 2.21. The van der Waals surface area contributed by atoms with Crippen LogP contribution in [0.3, 0.4) is 0 Å². The number of hydrogen-bond acceptors (Lipinski definition) is 6. The Kier molecular flexibility index (Phi) is 5.14. The van der Waals surface area contributed by atoms with Gasteiger partial charge in [-0.15, -0.1) is 4.83 Å². The van der Waals surface area contributed by atoms with E-state index in [1.54, 1.807) is 6.07 Å². The first-order valence-electron chi connectivity index (χ1n) is 6.42. The standard InChI is InChI=1S/C14H15N3O5S/c1-21-11-3-4-12(22-2)13(9-11)23(19,20)17-16-14(18)10-5-7-15-8-6-10/h3-9,17H,1-2H3,(H,16,18). The molecule has 0 aliphatic carbocycles. The first kappa shape index (κ1) is 16.7. The number of hydrazine groups is 1. The number of amides is 1. The highest BCUT2D eigenvalue weighted by Crippen LogP contribution is 2.27. The Morgan fingerprint density at radius 1 is 1.09 bits per heavy atom. The molecule has 1 aromatic heterocycles. The van der Waals surface area contributed by atoms with Gasteiger partial charge in [0.2, 0.25) is 0 Å². The number of benzene rings is 1. The number of hydrogen-bond donors (Lipinski definition) is 2. The van der Waals surface area contributed by atoms with Crippen molar-refractivity contribution >= 4 is 15.9 Å². The van der Waals surface area contributed by atoms with Crippen LogP contribution < -0.4 is 19.7 Å². The van der Waals surface area contributed by atoms with Crippen LogP contribution in [-0.4, -0.2) is 33.5 Å². The number of ether oxygens (including phenoxy) is 2. The quantitative estimate of drug-likeness (QED) is 0.752. The maximum absolute atomic E-state index is 12.3. The van der Waals surface area contributed by atoms with Gasteiger partial charge in [0.1, 0.15) is 16.4 Å². The zero-order valence-corrected chi connectivity index (χ0v) is 13.3. The van der Waals surface area contributed by atoms with Crippen molar-refractivity contribution in [3.05, 3.63) is 48.3 Å². The van der Waals surface area contributed by atoms with Crippen molar-refractivity contribution in [3.8, 4) is 11.5 Å². The number of methoxy groups -OCH3 is 2. The summed E-state index contributed by atoms with van der Waals surface area (Å²) < 4.78 is 34.7. The lowest BCUT2D eigenvalue weighted by atomic mass is 10.3. The van der Waals surface area contributed by atoms with Gasteiger partial charge in [-0.05, 0) is 24.3 Å². The number of aromatic nitrogens is 1. The summed E-state index contributed by atoms with van der Waals surface area (Å²) in [7, 11) is -1.28. The average molecular weight is 337 g/mol. The van der Waals surface area contributed by atoms with E-state index in [4.69, 9.17) is 9.47 Å². The number of nitrogens with zero attached hydrogens (tertiary/aromatic N) is 1. The van der Waals surface area contributed by atoms with E-state index in [-0.39, 0.29) is 16.2 Å². The maximum Gasteiger partial charge on any atom is 0.266 e. The summed E-state index contributed by atoms with van der Waals surface area (Å²) >= 11 is 0. The molecule has 122 valence electrons. The molecule has 2 rings (SSSR count). The van der Waals surface area contributed by atoms with Crippen LogP contribution >= 0.6 is 0 Å². The molecular formula is C14H15N3O5S. The molecule has 9 heteroatoms. The fraction of sp³-hybridized carbons (Fsp3) is 0.143. The first-order chi connectivity index (χ1) is 11.0. The molecular weight excluding hydrogens is 322 g/mol. The number of carbonyl (C=O) groups is 1. The second-order valence-corrected chi connectivity index (χ2v) is 5.96. The van der Waals surface area contributed by atoms with Crippen molar-refractivity contribution in [2.24, 2.45) is 0 Å². The van der Waals surface area contributed by atoms with Crippen LogP contribution in [0.15, 0.2) is 47.6 Å². The molecule has 0 spiro atoms. The smallest absolute Gasteiger partial charge is 0.266 e. The zero-order chi connectivity index (χ0) is 16.9. The average Bonchev–Trinajstić information content (AvgIpc) is 2.59. The Morgan fingerprint density at radius 2 is 1.78 bits per heavy atom. The Balaban J connectivity index is 2.21. The minimum Gasteiger partial charge on any atom is -0.497 e. The first-order valence-corrected chi connectivity index (χ1v) is 7.90. The third-order valence-corrected chi connectivity index (χ3v) is 4.17. The van der Waals surface area contributed by atoms with Gasteiger partial charge in [-0.3, -0.25) is 15.2 Å². The van der Waals surface area contributed by atoms with Crippen LogP contribution in [0.5, 0.6) is 11.5 Å². The lowest BCUT2D eigenvalue weighted by Gasteiger charge is -2.12. The largest absolute Gasteiger partial charge is 0.497 e. The second-order valence-electron chi connectivity index (χ2n) is 4.31. The number of carbonyl (C=O) groups excluding carboxylic acids is 1. The van der Waals surface area contributed by atoms with E-state index in [2.05, 4.69) is 10.4 Å². The van der Waals surface area contributed by atoms with Gasteiger partial charge in [-0.1, -0.05) is 0 Å². The molecule has 0 aliphatic rings. The molecule has 0 unspecified atom stereocenters. The summed E-state index contributed by atoms with van der Waals surface area (Å²) in [6, 6.07) is 7.22. The van der Waals surface area contributed by atoms with E-state index in [1.807, 2.05) is 4.83 Å². The molecule has 0 bridgehead atoms. The van der Waals surface area contributed by atoms with Crippen molar-refractivity contribution in [1.29, 1.82) is 0 Å². The summed E-state index contributed by atoms with van der Waals surface area (Å²) in [5, 5.41) is 0. The van der Waals surface area contributed by atoms with E-state index in [0.717, 1.165) is 0 Å². The lowest BCUT2D eigenvalue weighted by molar-refractivity contribution is 0.0945.